The highest BCUT2D eigenvalue weighted by Gasteiger charge is 2.08. The molecule has 2 aliphatic rings. The lowest BCUT2D eigenvalue weighted by Gasteiger charge is -2.03. The van der Waals surface area contributed by atoms with Gasteiger partial charge in [-0.2, -0.15) is 0 Å². The van der Waals surface area contributed by atoms with E-state index in [1.54, 1.807) is 0 Å². The summed E-state index contributed by atoms with van der Waals surface area (Å²) >= 11 is 0. The van der Waals surface area contributed by atoms with Crippen LogP contribution in [0.25, 0.3) is 0 Å². The molecule has 0 aliphatic carbocycles. The minimum absolute atomic E-state index is 0.965. The van der Waals surface area contributed by atoms with Crippen LogP contribution in [0.15, 0.2) is 35.8 Å². The molecule has 0 saturated heterocycles. The van der Waals surface area contributed by atoms with Crippen LogP contribution >= 0.6 is 0 Å². The van der Waals surface area contributed by atoms with Gasteiger partial charge in [0, 0.05) is 25.1 Å². The van der Waals surface area contributed by atoms with Crippen molar-refractivity contribution < 1.29 is 0 Å². The summed E-state index contributed by atoms with van der Waals surface area (Å²) in [6.07, 6.45) is 8.05. The van der Waals surface area contributed by atoms with Gasteiger partial charge in [0.15, 0.2) is 0 Å². The molecule has 0 aromatic heterocycles. The normalized spacial score (nSPS) is 21.3. The van der Waals surface area contributed by atoms with E-state index < -0.39 is 0 Å². The van der Waals surface area contributed by atoms with Gasteiger partial charge in [0.05, 0.1) is 0 Å². The van der Waals surface area contributed by atoms with Crippen molar-refractivity contribution in [1.29, 1.82) is 0 Å². The van der Waals surface area contributed by atoms with Crippen LogP contribution in [-0.4, -0.2) is 6.54 Å². The van der Waals surface area contributed by atoms with E-state index >= 15 is 0 Å². The molecule has 0 aromatic rings. The first-order valence-corrected chi connectivity index (χ1v) is 3.02. The first kappa shape index (κ1) is 4.68. The largest absolute Gasteiger partial charge is 0.386 e. The average molecular weight is 120 g/mol. The zero-order valence-electron chi connectivity index (χ0n) is 5.02. The fraction of sp³-hybridized carbons (Fsp3) is 0.143. The van der Waals surface area contributed by atoms with Crippen LogP contribution in [-0.2, 0) is 0 Å². The smallest absolute Gasteiger partial charge is 0.0416 e. The van der Waals surface area contributed by atoms with E-state index in [2.05, 4.69) is 16.7 Å². The Hall–Kier alpha value is -1.18. The van der Waals surface area contributed by atoms with Gasteiger partial charge in [0.2, 0.25) is 0 Å². The summed E-state index contributed by atoms with van der Waals surface area (Å²) in [4.78, 5) is 0. The van der Waals surface area contributed by atoms with Crippen molar-refractivity contribution in [2.45, 2.75) is 0 Å². The van der Waals surface area contributed by atoms with Crippen LogP contribution in [0.3, 0.4) is 0 Å². The maximum absolute atomic E-state index is 3.14. The standard InChI is InChI=1S/C7H8N2/c1-2-8-4-7-5-9-3-6(1)7/h1-4,8-9H,5H2. The molecule has 0 fully saturated rings. The Labute approximate surface area is 53.9 Å². The predicted octanol–water partition coefficient (Wildman–Crippen LogP) is 0.474. The summed E-state index contributed by atoms with van der Waals surface area (Å²) in [5.74, 6) is 0. The molecule has 0 aromatic carbocycles. The van der Waals surface area contributed by atoms with Crippen LogP contribution in [0, 0.1) is 0 Å². The van der Waals surface area contributed by atoms with Crippen molar-refractivity contribution >= 4 is 0 Å². The van der Waals surface area contributed by atoms with Gasteiger partial charge in [0.25, 0.3) is 0 Å². The Morgan fingerprint density at radius 3 is 3.22 bits per heavy atom. The highest BCUT2D eigenvalue weighted by Crippen LogP contribution is 2.15. The lowest BCUT2D eigenvalue weighted by atomic mass is 10.1. The van der Waals surface area contributed by atoms with Gasteiger partial charge >= 0.3 is 0 Å². The highest BCUT2D eigenvalue weighted by molar-refractivity contribution is 5.45. The minimum Gasteiger partial charge on any atom is -0.386 e. The van der Waals surface area contributed by atoms with Gasteiger partial charge in [-0.05, 0) is 17.2 Å². The fourth-order valence-corrected chi connectivity index (χ4v) is 1.04. The summed E-state index contributed by atoms with van der Waals surface area (Å²) in [5, 5.41) is 6.18. The number of rotatable bonds is 0. The van der Waals surface area contributed by atoms with Crippen LogP contribution in [0.5, 0.6) is 0 Å². The quantitative estimate of drug-likeness (QED) is 0.485. The monoisotopic (exact) mass is 120 g/mol. The SMILES string of the molecule is C1=CC2=CNCC2=CN1. The van der Waals surface area contributed by atoms with Gasteiger partial charge in [-0.25, -0.2) is 0 Å². The number of dihydropyridines is 1. The van der Waals surface area contributed by atoms with E-state index in [-0.39, 0.29) is 0 Å². The second-order valence-electron chi connectivity index (χ2n) is 2.15. The molecule has 2 heterocycles. The third-order valence-electron chi connectivity index (χ3n) is 1.54. The third-order valence-corrected chi connectivity index (χ3v) is 1.54. The second kappa shape index (κ2) is 1.65. The van der Waals surface area contributed by atoms with Crippen molar-refractivity contribution in [2.75, 3.05) is 6.54 Å². The number of hydrogen-bond acceptors (Lipinski definition) is 2. The molecule has 0 spiro atoms. The molecule has 0 atom stereocenters. The fourth-order valence-electron chi connectivity index (χ4n) is 1.04. The highest BCUT2D eigenvalue weighted by atomic mass is 14.9. The molecular weight excluding hydrogens is 112 g/mol. The summed E-state index contributed by atoms with van der Waals surface area (Å²) in [5.41, 5.74) is 2.64. The van der Waals surface area contributed by atoms with Gasteiger partial charge in [-0.15, -0.1) is 0 Å². The van der Waals surface area contributed by atoms with E-state index in [9.17, 15) is 0 Å². The van der Waals surface area contributed by atoms with Gasteiger partial charge in [-0.1, -0.05) is 0 Å². The number of nitrogens with one attached hydrogen (secondary N) is 2. The van der Waals surface area contributed by atoms with E-state index in [0.29, 0.717) is 0 Å². The van der Waals surface area contributed by atoms with Crippen molar-refractivity contribution in [1.82, 2.24) is 10.6 Å². The molecule has 2 nitrogen and oxygen atoms in total. The van der Waals surface area contributed by atoms with Crippen molar-refractivity contribution in [3.63, 3.8) is 0 Å². The Morgan fingerprint density at radius 1 is 1.33 bits per heavy atom. The molecular formula is C7H8N2. The molecule has 46 valence electrons. The summed E-state index contributed by atoms with van der Waals surface area (Å²) in [6, 6.07) is 0. The molecule has 9 heavy (non-hydrogen) atoms. The van der Waals surface area contributed by atoms with E-state index in [1.165, 1.54) is 11.1 Å². The molecule has 2 N–H and O–H groups in total. The van der Waals surface area contributed by atoms with Gasteiger partial charge in [0.1, 0.15) is 0 Å². The summed E-state index contributed by atoms with van der Waals surface area (Å²) < 4.78 is 0. The van der Waals surface area contributed by atoms with Crippen molar-refractivity contribution in [3.8, 4) is 0 Å². The van der Waals surface area contributed by atoms with Crippen LogP contribution in [0.4, 0.5) is 0 Å². The minimum atomic E-state index is 0.965. The maximum atomic E-state index is 3.14. The Bertz CT molecular complexity index is 211. The molecule has 2 heteroatoms. The molecule has 0 bridgehead atoms. The lowest BCUT2D eigenvalue weighted by Crippen LogP contribution is -2.06. The number of allylic oxidation sites excluding steroid dienone is 1. The summed E-state index contributed by atoms with van der Waals surface area (Å²) in [6.45, 7) is 0.965. The maximum Gasteiger partial charge on any atom is 0.0416 e. The van der Waals surface area contributed by atoms with Crippen LogP contribution in [0.2, 0.25) is 0 Å². The molecule has 0 amide bonds. The Kier molecular flexibility index (Phi) is 0.859. The van der Waals surface area contributed by atoms with Crippen LogP contribution < -0.4 is 10.6 Å². The zero-order chi connectivity index (χ0) is 6.10. The molecule has 2 rings (SSSR count). The van der Waals surface area contributed by atoms with Crippen LogP contribution in [0.1, 0.15) is 0 Å². The second-order valence-corrected chi connectivity index (χ2v) is 2.15. The van der Waals surface area contributed by atoms with Crippen molar-refractivity contribution in [3.05, 3.63) is 35.8 Å². The molecule has 0 radical (unpaired) electrons. The van der Waals surface area contributed by atoms with E-state index in [0.717, 1.165) is 6.54 Å². The Morgan fingerprint density at radius 2 is 2.33 bits per heavy atom. The third kappa shape index (κ3) is 0.633. The van der Waals surface area contributed by atoms with E-state index in [4.69, 9.17) is 0 Å². The number of fused-ring (bicyclic) bond motifs is 1. The molecule has 0 saturated carbocycles. The lowest BCUT2D eigenvalue weighted by molar-refractivity contribution is 0.989. The van der Waals surface area contributed by atoms with E-state index in [1.807, 2.05) is 18.6 Å². The summed E-state index contributed by atoms with van der Waals surface area (Å²) in [7, 11) is 0. The first-order valence-electron chi connectivity index (χ1n) is 3.02. The molecule has 2 aliphatic heterocycles. The van der Waals surface area contributed by atoms with Gasteiger partial charge < -0.3 is 10.6 Å². The molecule has 0 unspecified atom stereocenters. The Balaban J connectivity index is 2.37. The predicted molar refractivity (Wildman–Crippen MR) is 36.4 cm³/mol. The number of hydrogen-bond donors (Lipinski definition) is 2. The first-order chi connectivity index (χ1) is 4.47. The van der Waals surface area contributed by atoms with Gasteiger partial charge in [-0.3, -0.25) is 0 Å². The average Bonchev–Trinajstić information content (AvgIpc) is 2.33. The zero-order valence-corrected chi connectivity index (χ0v) is 5.02. The topological polar surface area (TPSA) is 24.1 Å². The van der Waals surface area contributed by atoms with Crippen molar-refractivity contribution in [2.24, 2.45) is 0 Å².